The molecule has 0 spiro atoms. The van der Waals surface area contributed by atoms with E-state index in [1.807, 2.05) is 6.92 Å². The minimum atomic E-state index is -0.487. The van der Waals surface area contributed by atoms with Crippen LogP contribution in [0.3, 0.4) is 0 Å². The zero-order chi connectivity index (χ0) is 10.8. The van der Waals surface area contributed by atoms with E-state index in [0.29, 0.717) is 4.88 Å². The van der Waals surface area contributed by atoms with Crippen LogP contribution >= 0.6 is 11.3 Å². The molecule has 0 aliphatic rings. The number of rotatable bonds is 2. The quantitative estimate of drug-likeness (QED) is 0.730. The zero-order valence-corrected chi connectivity index (χ0v) is 8.84. The number of benzene rings is 1. The first-order chi connectivity index (χ1) is 7.18. The number of carbonyl (C=O) groups is 1. The predicted molar refractivity (Wildman–Crippen MR) is 56.7 cm³/mol. The molecule has 0 saturated heterocycles. The first-order valence-corrected chi connectivity index (χ1v) is 5.26. The van der Waals surface area contributed by atoms with Crippen LogP contribution < -0.4 is 0 Å². The van der Waals surface area contributed by atoms with Gasteiger partial charge in [0.1, 0.15) is 5.82 Å². The highest BCUT2D eigenvalue weighted by Crippen LogP contribution is 2.17. The smallest absolute Gasteiger partial charge is 0.207 e. The van der Waals surface area contributed by atoms with E-state index in [1.54, 1.807) is 17.6 Å². The summed E-state index contributed by atoms with van der Waals surface area (Å²) in [6.45, 7) is 1.82. The number of nitrogens with zero attached hydrogens (tertiary/aromatic N) is 1. The lowest BCUT2D eigenvalue weighted by molar-refractivity contribution is 0.103. The van der Waals surface area contributed by atoms with Crippen molar-refractivity contribution in [2.45, 2.75) is 6.92 Å². The maximum absolute atomic E-state index is 13.4. The van der Waals surface area contributed by atoms with Gasteiger partial charge in [0, 0.05) is 6.20 Å². The van der Waals surface area contributed by atoms with Crippen LogP contribution in [0, 0.1) is 12.7 Å². The van der Waals surface area contributed by atoms with Crippen molar-refractivity contribution in [1.82, 2.24) is 4.98 Å². The molecule has 0 fully saturated rings. The molecular formula is C11H8FNOS. The van der Waals surface area contributed by atoms with Gasteiger partial charge in [-0.15, -0.1) is 11.3 Å². The molecule has 0 aliphatic heterocycles. The first kappa shape index (κ1) is 9.98. The largest absolute Gasteiger partial charge is 0.288 e. The molecule has 0 N–H and O–H groups in total. The van der Waals surface area contributed by atoms with E-state index < -0.39 is 5.82 Å². The Morgan fingerprint density at radius 1 is 1.47 bits per heavy atom. The van der Waals surface area contributed by atoms with Crippen LogP contribution in [0.1, 0.15) is 20.8 Å². The SMILES string of the molecule is Cc1ccc(F)c(C(=O)c2cncs2)c1. The van der Waals surface area contributed by atoms with Crippen molar-refractivity contribution in [3.05, 3.63) is 51.7 Å². The molecule has 1 aromatic heterocycles. The molecule has 2 aromatic rings. The normalized spacial score (nSPS) is 10.3. The van der Waals surface area contributed by atoms with Gasteiger partial charge in [0.2, 0.25) is 5.78 Å². The second kappa shape index (κ2) is 3.90. The Labute approximate surface area is 90.4 Å². The Morgan fingerprint density at radius 3 is 2.93 bits per heavy atom. The van der Waals surface area contributed by atoms with E-state index in [1.165, 1.54) is 23.6 Å². The van der Waals surface area contributed by atoms with Crippen LogP contribution in [0.2, 0.25) is 0 Å². The summed E-state index contributed by atoms with van der Waals surface area (Å²) in [4.78, 5) is 16.1. The van der Waals surface area contributed by atoms with E-state index in [2.05, 4.69) is 4.98 Å². The van der Waals surface area contributed by atoms with Crippen molar-refractivity contribution in [3.8, 4) is 0 Å². The third-order valence-corrected chi connectivity index (χ3v) is 2.79. The van der Waals surface area contributed by atoms with Gasteiger partial charge in [-0.3, -0.25) is 9.78 Å². The monoisotopic (exact) mass is 221 g/mol. The van der Waals surface area contributed by atoms with Gasteiger partial charge in [-0.1, -0.05) is 11.6 Å². The number of hydrogen-bond acceptors (Lipinski definition) is 3. The third-order valence-electron chi connectivity index (χ3n) is 2.02. The van der Waals surface area contributed by atoms with Gasteiger partial charge in [0.15, 0.2) is 0 Å². The average molecular weight is 221 g/mol. The van der Waals surface area contributed by atoms with Gasteiger partial charge in [-0.25, -0.2) is 4.39 Å². The summed E-state index contributed by atoms with van der Waals surface area (Å²) in [7, 11) is 0. The molecule has 2 rings (SSSR count). The molecule has 1 aromatic carbocycles. The molecule has 76 valence electrons. The minimum absolute atomic E-state index is 0.110. The Bertz CT molecular complexity index is 493. The van der Waals surface area contributed by atoms with E-state index in [-0.39, 0.29) is 11.3 Å². The second-order valence-electron chi connectivity index (χ2n) is 3.18. The number of hydrogen-bond donors (Lipinski definition) is 0. The van der Waals surface area contributed by atoms with Crippen LogP contribution in [-0.2, 0) is 0 Å². The fourth-order valence-corrected chi connectivity index (χ4v) is 1.85. The molecular weight excluding hydrogens is 213 g/mol. The first-order valence-electron chi connectivity index (χ1n) is 4.38. The van der Waals surface area contributed by atoms with Gasteiger partial charge in [0.25, 0.3) is 0 Å². The highest BCUT2D eigenvalue weighted by molar-refractivity contribution is 7.11. The molecule has 0 radical (unpaired) electrons. The molecule has 0 bridgehead atoms. The number of halogens is 1. The lowest BCUT2D eigenvalue weighted by atomic mass is 10.1. The van der Waals surface area contributed by atoms with Gasteiger partial charge in [-0.2, -0.15) is 0 Å². The van der Waals surface area contributed by atoms with Crippen molar-refractivity contribution in [3.63, 3.8) is 0 Å². The van der Waals surface area contributed by atoms with Crippen LogP contribution in [0.15, 0.2) is 29.9 Å². The summed E-state index contributed by atoms with van der Waals surface area (Å²) < 4.78 is 13.4. The summed E-state index contributed by atoms with van der Waals surface area (Å²) >= 11 is 1.21. The fourth-order valence-electron chi connectivity index (χ4n) is 1.27. The topological polar surface area (TPSA) is 30.0 Å². The Morgan fingerprint density at radius 2 is 2.27 bits per heavy atom. The maximum atomic E-state index is 13.4. The van der Waals surface area contributed by atoms with Crippen LogP contribution in [-0.4, -0.2) is 10.8 Å². The number of aromatic nitrogens is 1. The van der Waals surface area contributed by atoms with Crippen molar-refractivity contribution in [2.75, 3.05) is 0 Å². The summed E-state index contributed by atoms with van der Waals surface area (Å²) in [5.74, 6) is -0.794. The molecule has 0 unspecified atom stereocenters. The fraction of sp³-hybridized carbons (Fsp3) is 0.0909. The van der Waals surface area contributed by atoms with Gasteiger partial charge in [0.05, 0.1) is 16.0 Å². The van der Waals surface area contributed by atoms with E-state index in [9.17, 15) is 9.18 Å². The summed E-state index contributed by atoms with van der Waals surface area (Å²) in [6, 6.07) is 4.50. The van der Waals surface area contributed by atoms with Crippen LogP contribution in [0.5, 0.6) is 0 Å². The van der Waals surface area contributed by atoms with Gasteiger partial charge in [-0.05, 0) is 19.1 Å². The van der Waals surface area contributed by atoms with Crippen molar-refractivity contribution in [1.29, 1.82) is 0 Å². The van der Waals surface area contributed by atoms with E-state index >= 15 is 0 Å². The van der Waals surface area contributed by atoms with Crippen LogP contribution in [0.4, 0.5) is 4.39 Å². The van der Waals surface area contributed by atoms with E-state index in [4.69, 9.17) is 0 Å². The summed E-state index contributed by atoms with van der Waals surface area (Å²) in [5, 5.41) is 0. The molecule has 1 heterocycles. The van der Waals surface area contributed by atoms with Crippen molar-refractivity contribution < 1.29 is 9.18 Å². The Hall–Kier alpha value is -1.55. The highest BCUT2D eigenvalue weighted by atomic mass is 32.1. The average Bonchev–Trinajstić information content (AvgIpc) is 2.74. The van der Waals surface area contributed by atoms with E-state index in [0.717, 1.165) is 5.56 Å². The molecule has 0 aliphatic carbocycles. The zero-order valence-electron chi connectivity index (χ0n) is 8.03. The Kier molecular flexibility index (Phi) is 2.60. The van der Waals surface area contributed by atoms with Crippen LogP contribution in [0.25, 0.3) is 0 Å². The molecule has 15 heavy (non-hydrogen) atoms. The lowest BCUT2D eigenvalue weighted by Crippen LogP contribution is -2.02. The number of aryl methyl sites for hydroxylation is 1. The lowest BCUT2D eigenvalue weighted by Gasteiger charge is -2.01. The maximum Gasteiger partial charge on any atom is 0.207 e. The molecule has 4 heteroatoms. The third kappa shape index (κ3) is 1.94. The van der Waals surface area contributed by atoms with Crippen molar-refractivity contribution in [2.24, 2.45) is 0 Å². The Balaban J connectivity index is 2.46. The van der Waals surface area contributed by atoms with Gasteiger partial charge >= 0.3 is 0 Å². The van der Waals surface area contributed by atoms with Gasteiger partial charge < -0.3 is 0 Å². The number of carbonyl (C=O) groups excluding carboxylic acids is 1. The van der Waals surface area contributed by atoms with Crippen molar-refractivity contribution >= 4 is 17.1 Å². The summed E-state index contributed by atoms with van der Waals surface area (Å²) in [5.41, 5.74) is 2.53. The molecule has 0 amide bonds. The standard InChI is InChI=1S/C11H8FNOS/c1-7-2-3-9(12)8(4-7)11(14)10-5-13-6-15-10/h2-6H,1H3. The molecule has 0 atom stereocenters. The second-order valence-corrected chi connectivity index (χ2v) is 4.06. The minimum Gasteiger partial charge on any atom is -0.288 e. The highest BCUT2D eigenvalue weighted by Gasteiger charge is 2.15. The molecule has 2 nitrogen and oxygen atoms in total. The predicted octanol–water partition coefficient (Wildman–Crippen LogP) is 2.82. The summed E-state index contributed by atoms with van der Waals surface area (Å²) in [6.07, 6.45) is 1.45. The molecule has 0 saturated carbocycles. The number of ketones is 1. The number of thiazole rings is 1.